The maximum atomic E-state index is 12.2. The number of carbonyl (C=O) groups is 3. The second kappa shape index (κ2) is 9.57. The Labute approximate surface area is 154 Å². The van der Waals surface area contributed by atoms with Gasteiger partial charge < -0.3 is 19.5 Å². The Hall–Kier alpha value is -2.87. The van der Waals surface area contributed by atoms with E-state index in [0.717, 1.165) is 11.3 Å². The zero-order valence-electron chi connectivity index (χ0n) is 14.4. The molecule has 0 bridgehead atoms. The van der Waals surface area contributed by atoms with Gasteiger partial charge in [-0.1, -0.05) is 18.2 Å². The number of carbonyl (C=O) groups excluding carboxylic acids is 3. The molecule has 1 amide bonds. The van der Waals surface area contributed by atoms with Crippen molar-refractivity contribution in [2.75, 3.05) is 25.1 Å². The van der Waals surface area contributed by atoms with Gasteiger partial charge in [0.25, 0.3) is 5.91 Å². The van der Waals surface area contributed by atoms with E-state index < -0.39 is 17.8 Å². The van der Waals surface area contributed by atoms with Crippen LogP contribution < -0.4 is 10.1 Å². The van der Waals surface area contributed by atoms with E-state index in [0.29, 0.717) is 5.75 Å². The monoisotopic (exact) mass is 377 g/mol. The Morgan fingerprint density at radius 2 is 1.65 bits per heavy atom. The number of nitrogens with one attached hydrogen (secondary N) is 1. The third-order valence-electron chi connectivity index (χ3n) is 3.13. The van der Waals surface area contributed by atoms with Crippen molar-refractivity contribution in [2.45, 2.75) is 13.8 Å². The third-order valence-corrected chi connectivity index (χ3v) is 4.03. The van der Waals surface area contributed by atoms with E-state index in [1.54, 1.807) is 38.1 Å². The molecule has 138 valence electrons. The SMILES string of the molecule is CCOC(=O)c1csc(NC(=O)COc2ccccc2)c1C(=O)OCC. The van der Waals surface area contributed by atoms with Crippen LogP contribution >= 0.6 is 11.3 Å². The fraction of sp³-hybridized carbons (Fsp3) is 0.278. The first kappa shape index (κ1) is 19.5. The molecule has 1 aromatic heterocycles. The van der Waals surface area contributed by atoms with Crippen molar-refractivity contribution < 1.29 is 28.6 Å². The molecule has 2 rings (SSSR count). The Morgan fingerprint density at radius 1 is 1.00 bits per heavy atom. The lowest BCUT2D eigenvalue weighted by Crippen LogP contribution is -2.21. The highest BCUT2D eigenvalue weighted by atomic mass is 32.1. The topological polar surface area (TPSA) is 90.9 Å². The van der Waals surface area contributed by atoms with Crippen LogP contribution in [0.2, 0.25) is 0 Å². The fourth-order valence-corrected chi connectivity index (χ4v) is 2.98. The fourth-order valence-electron chi connectivity index (χ4n) is 2.04. The lowest BCUT2D eigenvalue weighted by Gasteiger charge is -2.09. The van der Waals surface area contributed by atoms with Crippen molar-refractivity contribution in [1.29, 1.82) is 0 Å². The van der Waals surface area contributed by atoms with Gasteiger partial charge in [0.1, 0.15) is 16.3 Å². The van der Waals surface area contributed by atoms with Crippen molar-refractivity contribution in [3.63, 3.8) is 0 Å². The van der Waals surface area contributed by atoms with Crippen LogP contribution in [0, 0.1) is 0 Å². The quantitative estimate of drug-likeness (QED) is 0.711. The molecule has 8 heteroatoms. The minimum absolute atomic E-state index is 0.0108. The van der Waals surface area contributed by atoms with Gasteiger partial charge in [0, 0.05) is 5.38 Å². The molecule has 2 aromatic rings. The summed E-state index contributed by atoms with van der Waals surface area (Å²) in [6.07, 6.45) is 0. The van der Waals surface area contributed by atoms with Crippen LogP contribution in [0.5, 0.6) is 5.75 Å². The van der Waals surface area contributed by atoms with Gasteiger partial charge in [-0.15, -0.1) is 11.3 Å². The number of amides is 1. The predicted octanol–water partition coefficient (Wildman–Crippen LogP) is 3.12. The molecule has 1 N–H and O–H groups in total. The predicted molar refractivity (Wildman–Crippen MR) is 96.8 cm³/mol. The highest BCUT2D eigenvalue weighted by molar-refractivity contribution is 7.15. The van der Waals surface area contributed by atoms with E-state index >= 15 is 0 Å². The number of ether oxygens (including phenoxy) is 3. The van der Waals surface area contributed by atoms with E-state index in [1.165, 1.54) is 5.38 Å². The standard InChI is InChI=1S/C18H19NO6S/c1-3-23-17(21)13-11-26-16(15(13)18(22)24-4-2)19-14(20)10-25-12-8-6-5-7-9-12/h5-9,11H,3-4,10H2,1-2H3,(H,19,20). The second-order valence-electron chi connectivity index (χ2n) is 4.94. The Bertz CT molecular complexity index is 771. The van der Waals surface area contributed by atoms with Gasteiger partial charge in [-0.05, 0) is 26.0 Å². The van der Waals surface area contributed by atoms with Crippen molar-refractivity contribution in [2.24, 2.45) is 0 Å². The van der Waals surface area contributed by atoms with Crippen LogP contribution in [-0.4, -0.2) is 37.7 Å². The van der Waals surface area contributed by atoms with Gasteiger partial charge in [-0.2, -0.15) is 0 Å². The molecule has 1 heterocycles. The smallest absolute Gasteiger partial charge is 0.342 e. The van der Waals surface area contributed by atoms with Gasteiger partial charge >= 0.3 is 11.9 Å². The first-order chi connectivity index (χ1) is 12.6. The minimum Gasteiger partial charge on any atom is -0.484 e. The first-order valence-corrected chi connectivity index (χ1v) is 8.88. The summed E-state index contributed by atoms with van der Waals surface area (Å²) in [6, 6.07) is 8.86. The zero-order valence-corrected chi connectivity index (χ0v) is 15.3. The minimum atomic E-state index is -0.698. The summed E-state index contributed by atoms with van der Waals surface area (Å²) in [4.78, 5) is 36.4. The number of para-hydroxylation sites is 1. The van der Waals surface area contributed by atoms with Crippen molar-refractivity contribution in [1.82, 2.24) is 0 Å². The molecule has 0 radical (unpaired) electrons. The van der Waals surface area contributed by atoms with Crippen LogP contribution in [0.15, 0.2) is 35.7 Å². The molecule has 0 saturated carbocycles. The van der Waals surface area contributed by atoms with E-state index in [2.05, 4.69) is 5.32 Å². The summed E-state index contributed by atoms with van der Waals surface area (Å²) in [7, 11) is 0. The molecule has 0 unspecified atom stereocenters. The highest BCUT2D eigenvalue weighted by Crippen LogP contribution is 2.30. The molecule has 0 saturated heterocycles. The molecule has 0 spiro atoms. The number of rotatable bonds is 8. The summed E-state index contributed by atoms with van der Waals surface area (Å²) in [5.74, 6) is -1.26. The number of benzene rings is 1. The zero-order chi connectivity index (χ0) is 18.9. The third kappa shape index (κ3) is 5.06. The molecule has 0 aliphatic rings. The average Bonchev–Trinajstić information content (AvgIpc) is 3.05. The average molecular weight is 377 g/mol. The molecule has 0 aliphatic heterocycles. The van der Waals surface area contributed by atoms with E-state index in [9.17, 15) is 14.4 Å². The summed E-state index contributed by atoms with van der Waals surface area (Å²) >= 11 is 1.05. The van der Waals surface area contributed by atoms with Crippen LogP contribution in [0.25, 0.3) is 0 Å². The number of esters is 2. The van der Waals surface area contributed by atoms with Crippen molar-refractivity contribution in [3.8, 4) is 5.75 Å². The maximum Gasteiger partial charge on any atom is 0.342 e. The summed E-state index contributed by atoms with van der Waals surface area (Å²) in [6.45, 7) is 3.39. The molecule has 7 nitrogen and oxygen atoms in total. The van der Waals surface area contributed by atoms with Crippen LogP contribution in [0.3, 0.4) is 0 Å². The van der Waals surface area contributed by atoms with Gasteiger partial charge in [0.15, 0.2) is 6.61 Å². The molecule has 0 fully saturated rings. The first-order valence-electron chi connectivity index (χ1n) is 8.00. The Morgan fingerprint density at radius 3 is 2.31 bits per heavy atom. The second-order valence-corrected chi connectivity index (χ2v) is 5.82. The summed E-state index contributed by atoms with van der Waals surface area (Å²) in [5, 5.41) is 4.26. The molecular weight excluding hydrogens is 358 g/mol. The Kier molecular flexibility index (Phi) is 7.16. The van der Waals surface area contributed by atoms with E-state index in [-0.39, 0.29) is 35.9 Å². The molecule has 1 aromatic carbocycles. The lowest BCUT2D eigenvalue weighted by atomic mass is 10.2. The normalized spacial score (nSPS) is 10.1. The molecular formula is C18H19NO6S. The molecule has 0 aliphatic carbocycles. The number of hydrogen-bond acceptors (Lipinski definition) is 7. The molecule has 26 heavy (non-hydrogen) atoms. The van der Waals surface area contributed by atoms with E-state index in [4.69, 9.17) is 14.2 Å². The molecule has 0 atom stereocenters. The van der Waals surface area contributed by atoms with Crippen LogP contribution in [0.4, 0.5) is 5.00 Å². The van der Waals surface area contributed by atoms with E-state index in [1.807, 2.05) is 6.07 Å². The van der Waals surface area contributed by atoms with Crippen LogP contribution in [-0.2, 0) is 14.3 Å². The maximum absolute atomic E-state index is 12.2. The highest BCUT2D eigenvalue weighted by Gasteiger charge is 2.26. The summed E-state index contributed by atoms with van der Waals surface area (Å²) in [5.41, 5.74) is 0.0536. The van der Waals surface area contributed by atoms with Crippen LogP contribution in [0.1, 0.15) is 34.6 Å². The number of anilines is 1. The lowest BCUT2D eigenvalue weighted by molar-refractivity contribution is -0.118. The largest absolute Gasteiger partial charge is 0.484 e. The number of hydrogen-bond donors (Lipinski definition) is 1. The van der Waals surface area contributed by atoms with Crippen molar-refractivity contribution >= 4 is 34.2 Å². The van der Waals surface area contributed by atoms with Crippen molar-refractivity contribution in [3.05, 3.63) is 46.8 Å². The van der Waals surface area contributed by atoms with Gasteiger partial charge in [0.05, 0.1) is 18.8 Å². The van der Waals surface area contributed by atoms with Gasteiger partial charge in [-0.3, -0.25) is 4.79 Å². The Balaban J connectivity index is 2.13. The van der Waals surface area contributed by atoms with Gasteiger partial charge in [0.2, 0.25) is 0 Å². The summed E-state index contributed by atoms with van der Waals surface area (Å²) < 4.78 is 15.3. The van der Waals surface area contributed by atoms with Gasteiger partial charge in [-0.25, -0.2) is 9.59 Å². The number of thiophene rings is 1.